The number of halogens is 1. The van der Waals surface area contributed by atoms with Gasteiger partial charge in [0.1, 0.15) is 5.75 Å². The monoisotopic (exact) mass is 351 g/mol. The lowest BCUT2D eigenvalue weighted by Crippen LogP contribution is -2.14. The zero-order valence-corrected chi connectivity index (χ0v) is 12.1. The minimum absolute atomic E-state index is 0.442. The van der Waals surface area contributed by atoms with E-state index in [9.17, 15) is 0 Å². The fourth-order valence-electron chi connectivity index (χ4n) is 2.24. The summed E-state index contributed by atoms with van der Waals surface area (Å²) < 4.78 is 6.94. The first-order valence-electron chi connectivity index (χ1n) is 6.05. The van der Waals surface area contributed by atoms with Crippen LogP contribution in [-0.4, -0.2) is 13.2 Å². The third kappa shape index (κ3) is 2.32. The van der Waals surface area contributed by atoms with E-state index in [-0.39, 0.29) is 0 Å². The first kappa shape index (κ1) is 11.8. The van der Waals surface area contributed by atoms with Crippen LogP contribution in [0.25, 0.3) is 0 Å². The van der Waals surface area contributed by atoms with E-state index in [0.717, 1.165) is 18.9 Å². The molecule has 18 heavy (non-hydrogen) atoms. The van der Waals surface area contributed by atoms with Crippen LogP contribution in [0.1, 0.15) is 11.5 Å². The molecule has 3 heteroatoms. The van der Waals surface area contributed by atoms with Crippen LogP contribution in [0.5, 0.6) is 5.75 Å². The van der Waals surface area contributed by atoms with Gasteiger partial charge in [-0.3, -0.25) is 0 Å². The molecule has 0 saturated heterocycles. The zero-order valence-electron chi connectivity index (χ0n) is 9.90. The second kappa shape index (κ2) is 5.18. The summed E-state index contributed by atoms with van der Waals surface area (Å²) in [5.41, 5.74) is 2.51. The molecule has 92 valence electrons. The van der Waals surface area contributed by atoms with Gasteiger partial charge in [0, 0.05) is 27.3 Å². The van der Waals surface area contributed by atoms with Crippen molar-refractivity contribution in [2.24, 2.45) is 0 Å². The number of ether oxygens (including phenoxy) is 1. The second-order valence-corrected chi connectivity index (χ2v) is 5.57. The van der Waals surface area contributed by atoms with Crippen molar-refractivity contribution in [3.63, 3.8) is 0 Å². The van der Waals surface area contributed by atoms with Crippen LogP contribution < -0.4 is 10.1 Å². The molecule has 0 radical (unpaired) electrons. The van der Waals surface area contributed by atoms with Crippen molar-refractivity contribution < 1.29 is 4.74 Å². The number of para-hydroxylation sites is 2. The van der Waals surface area contributed by atoms with E-state index < -0.39 is 0 Å². The first-order valence-corrected chi connectivity index (χ1v) is 7.12. The number of nitrogens with one attached hydrogen (secondary N) is 1. The highest BCUT2D eigenvalue weighted by Gasteiger charge is 2.23. The summed E-state index contributed by atoms with van der Waals surface area (Å²) >= 11 is 2.35. The van der Waals surface area contributed by atoms with Gasteiger partial charge in [-0.05, 0) is 40.8 Å². The molecule has 0 spiro atoms. The molecular formula is C15H14INO. The molecule has 0 bridgehead atoms. The summed E-state index contributed by atoms with van der Waals surface area (Å²) in [4.78, 5) is 0. The Hall–Kier alpha value is -1.23. The Labute approximate surface area is 121 Å². The van der Waals surface area contributed by atoms with Gasteiger partial charge in [0.05, 0.1) is 6.61 Å². The van der Waals surface area contributed by atoms with Gasteiger partial charge >= 0.3 is 0 Å². The van der Waals surface area contributed by atoms with E-state index in [1.54, 1.807) is 0 Å². The second-order valence-electron chi connectivity index (χ2n) is 4.41. The van der Waals surface area contributed by atoms with Gasteiger partial charge < -0.3 is 10.1 Å². The van der Waals surface area contributed by atoms with Gasteiger partial charge in [-0.1, -0.05) is 30.3 Å². The Morgan fingerprint density at radius 1 is 1.11 bits per heavy atom. The molecule has 0 fully saturated rings. The average Bonchev–Trinajstić information content (AvgIpc) is 2.81. The molecule has 2 aromatic rings. The van der Waals surface area contributed by atoms with Gasteiger partial charge in [0.2, 0.25) is 0 Å². The molecule has 0 aromatic heterocycles. The van der Waals surface area contributed by atoms with Gasteiger partial charge in [-0.15, -0.1) is 0 Å². The number of fused-ring (bicyclic) bond motifs is 1. The maximum atomic E-state index is 5.69. The molecule has 1 aliphatic rings. The van der Waals surface area contributed by atoms with Crippen molar-refractivity contribution in [3.05, 3.63) is 57.7 Å². The normalized spacial score (nSPS) is 17.1. The quantitative estimate of drug-likeness (QED) is 0.848. The molecule has 0 saturated carbocycles. The molecule has 1 heterocycles. The van der Waals surface area contributed by atoms with Crippen molar-refractivity contribution >= 4 is 28.3 Å². The minimum atomic E-state index is 0.442. The molecule has 2 nitrogen and oxygen atoms in total. The van der Waals surface area contributed by atoms with Crippen LogP contribution in [0.3, 0.4) is 0 Å². The fraction of sp³-hybridized carbons (Fsp3) is 0.200. The summed E-state index contributed by atoms with van der Waals surface area (Å²) in [6.07, 6.45) is 0. The van der Waals surface area contributed by atoms with Gasteiger partial charge in [0.15, 0.2) is 0 Å². The molecule has 1 N–H and O–H groups in total. The number of rotatable bonds is 3. The average molecular weight is 351 g/mol. The van der Waals surface area contributed by atoms with Crippen molar-refractivity contribution in [1.29, 1.82) is 0 Å². The van der Waals surface area contributed by atoms with E-state index in [1.807, 2.05) is 12.1 Å². The summed E-state index contributed by atoms with van der Waals surface area (Å²) in [7, 11) is 0. The highest BCUT2D eigenvalue weighted by atomic mass is 127. The molecule has 1 atom stereocenters. The Kier molecular flexibility index (Phi) is 3.41. The number of anilines is 1. The third-order valence-electron chi connectivity index (χ3n) is 3.21. The highest BCUT2D eigenvalue weighted by molar-refractivity contribution is 14.1. The van der Waals surface area contributed by atoms with Crippen LogP contribution in [0.4, 0.5) is 5.69 Å². The van der Waals surface area contributed by atoms with Crippen molar-refractivity contribution in [1.82, 2.24) is 0 Å². The Morgan fingerprint density at radius 2 is 1.89 bits per heavy atom. The Balaban J connectivity index is 1.71. The summed E-state index contributed by atoms with van der Waals surface area (Å²) in [6, 6.07) is 16.6. The standard InChI is InChI=1S/C15H14INO/c16-13-6-2-3-7-14(13)17-9-11-10-18-15-8-4-1-5-12(11)15/h1-8,11,17H,9-10H2. The predicted molar refractivity (Wildman–Crippen MR) is 82.3 cm³/mol. The van der Waals surface area contributed by atoms with Crippen LogP contribution in [0.15, 0.2) is 48.5 Å². The Bertz CT molecular complexity index is 556. The van der Waals surface area contributed by atoms with Gasteiger partial charge in [-0.2, -0.15) is 0 Å². The van der Waals surface area contributed by atoms with Crippen LogP contribution in [-0.2, 0) is 0 Å². The fourth-order valence-corrected chi connectivity index (χ4v) is 2.81. The van der Waals surface area contributed by atoms with Crippen LogP contribution >= 0.6 is 22.6 Å². The SMILES string of the molecule is Ic1ccccc1NCC1COc2ccccc21. The molecule has 1 unspecified atom stereocenters. The smallest absolute Gasteiger partial charge is 0.122 e. The van der Waals surface area contributed by atoms with Crippen molar-refractivity contribution in [2.45, 2.75) is 5.92 Å². The van der Waals surface area contributed by atoms with E-state index in [1.165, 1.54) is 14.8 Å². The Morgan fingerprint density at radius 3 is 2.78 bits per heavy atom. The highest BCUT2D eigenvalue weighted by Crippen LogP contribution is 2.33. The van der Waals surface area contributed by atoms with Gasteiger partial charge in [0.25, 0.3) is 0 Å². The zero-order chi connectivity index (χ0) is 12.4. The first-order chi connectivity index (χ1) is 8.84. The maximum Gasteiger partial charge on any atom is 0.122 e. The predicted octanol–water partition coefficient (Wildman–Crippen LogP) is 3.88. The lowest BCUT2D eigenvalue weighted by Gasteiger charge is -2.12. The van der Waals surface area contributed by atoms with E-state index in [4.69, 9.17) is 4.74 Å². The minimum Gasteiger partial charge on any atom is -0.493 e. The topological polar surface area (TPSA) is 21.3 Å². The molecule has 3 rings (SSSR count). The van der Waals surface area contributed by atoms with Crippen molar-refractivity contribution in [3.8, 4) is 5.75 Å². The lowest BCUT2D eigenvalue weighted by molar-refractivity contribution is 0.334. The van der Waals surface area contributed by atoms with E-state index in [2.05, 4.69) is 64.3 Å². The van der Waals surface area contributed by atoms with Crippen LogP contribution in [0.2, 0.25) is 0 Å². The van der Waals surface area contributed by atoms with Crippen LogP contribution in [0, 0.1) is 3.57 Å². The molecule has 0 amide bonds. The van der Waals surface area contributed by atoms with E-state index >= 15 is 0 Å². The molecular weight excluding hydrogens is 337 g/mol. The van der Waals surface area contributed by atoms with E-state index in [0.29, 0.717) is 5.92 Å². The number of hydrogen-bond acceptors (Lipinski definition) is 2. The molecule has 1 aliphatic heterocycles. The molecule has 2 aromatic carbocycles. The summed E-state index contributed by atoms with van der Waals surface area (Å²) in [6.45, 7) is 1.69. The van der Waals surface area contributed by atoms with Crippen molar-refractivity contribution in [2.75, 3.05) is 18.5 Å². The molecule has 0 aliphatic carbocycles. The largest absolute Gasteiger partial charge is 0.493 e. The third-order valence-corrected chi connectivity index (χ3v) is 4.15. The van der Waals surface area contributed by atoms with Gasteiger partial charge in [-0.25, -0.2) is 0 Å². The maximum absolute atomic E-state index is 5.69. The number of benzene rings is 2. The lowest BCUT2D eigenvalue weighted by atomic mass is 10.0. The summed E-state index contributed by atoms with van der Waals surface area (Å²) in [5, 5.41) is 3.51. The number of hydrogen-bond donors (Lipinski definition) is 1. The summed E-state index contributed by atoms with van der Waals surface area (Å²) in [5.74, 6) is 1.48.